The molecule has 1 heterocycles. The van der Waals surface area contributed by atoms with Gasteiger partial charge in [0.05, 0.1) is 12.7 Å². The van der Waals surface area contributed by atoms with Crippen molar-refractivity contribution in [3.05, 3.63) is 24.6 Å². The van der Waals surface area contributed by atoms with Crippen LogP contribution in [0.25, 0.3) is 0 Å². The maximum Gasteiger partial charge on any atom is 0.193 e. The molecule has 0 saturated carbocycles. The monoisotopic (exact) mass is 393 g/mol. The summed E-state index contributed by atoms with van der Waals surface area (Å²) in [5, 5.41) is 13.6. The van der Waals surface area contributed by atoms with Crippen LogP contribution < -0.4 is 5.32 Å². The quantitative estimate of drug-likeness (QED) is 0.149. The topological polar surface area (TPSA) is 32.3 Å². The van der Waals surface area contributed by atoms with Crippen LogP contribution in [0.5, 0.6) is 0 Å². The van der Waals surface area contributed by atoms with Gasteiger partial charge in [0, 0.05) is 13.3 Å². The summed E-state index contributed by atoms with van der Waals surface area (Å²) in [5.74, 6) is 0. The van der Waals surface area contributed by atoms with Crippen LogP contribution in [0.15, 0.2) is 24.6 Å². The van der Waals surface area contributed by atoms with Gasteiger partial charge in [-0.1, -0.05) is 76.9 Å². The van der Waals surface area contributed by atoms with Gasteiger partial charge in [-0.05, 0) is 39.0 Å². The highest BCUT2D eigenvalue weighted by molar-refractivity contribution is 4.85. The molecule has 0 saturated heterocycles. The fourth-order valence-electron chi connectivity index (χ4n) is 4.42. The van der Waals surface area contributed by atoms with Gasteiger partial charge in [-0.25, -0.2) is 0 Å². The Labute approximate surface area is 175 Å². The molecule has 1 aliphatic rings. The van der Waals surface area contributed by atoms with Crippen LogP contribution in [0.2, 0.25) is 0 Å². The van der Waals surface area contributed by atoms with E-state index in [1.54, 1.807) is 0 Å². The summed E-state index contributed by atoms with van der Waals surface area (Å²) in [6.45, 7) is 7.29. The SMILES string of the molecule is CCCCCCCCCCC/C=C/CCCCCC1NC=C[N+]1(CC)C(C)O. The first-order valence-electron chi connectivity index (χ1n) is 12.3. The zero-order valence-electron chi connectivity index (χ0n) is 19.2. The molecule has 3 heteroatoms. The van der Waals surface area contributed by atoms with Crippen molar-refractivity contribution in [3.8, 4) is 0 Å². The predicted molar refractivity (Wildman–Crippen MR) is 123 cm³/mol. The molecule has 0 aromatic heterocycles. The highest BCUT2D eigenvalue weighted by Crippen LogP contribution is 2.25. The Hall–Kier alpha value is -0.800. The van der Waals surface area contributed by atoms with Crippen LogP contribution in [0.1, 0.15) is 117 Å². The lowest BCUT2D eigenvalue weighted by Crippen LogP contribution is -2.57. The minimum absolute atomic E-state index is 0.340. The standard InChI is InChI=1S/C25H49N2O/c1-4-6-7-8-9-10-11-12-13-14-15-16-17-18-19-20-21-25-26-22-23-27(25,5-2)24(3)28/h15-16,22-26,28H,4-14,17-21H2,1-3H3/q+1/b16-15+. The Morgan fingerprint density at radius 2 is 1.39 bits per heavy atom. The third kappa shape index (κ3) is 9.60. The number of unbranched alkanes of at least 4 members (excludes halogenated alkanes) is 12. The zero-order valence-corrected chi connectivity index (χ0v) is 19.2. The number of rotatable bonds is 18. The van der Waals surface area contributed by atoms with Crippen molar-refractivity contribution in [1.82, 2.24) is 5.32 Å². The van der Waals surface area contributed by atoms with E-state index in [1.807, 2.05) is 13.1 Å². The van der Waals surface area contributed by atoms with Crippen LogP contribution >= 0.6 is 0 Å². The highest BCUT2D eigenvalue weighted by Gasteiger charge is 2.40. The van der Waals surface area contributed by atoms with Gasteiger partial charge < -0.3 is 10.4 Å². The van der Waals surface area contributed by atoms with Crippen molar-refractivity contribution in [2.75, 3.05) is 6.54 Å². The summed E-state index contributed by atoms with van der Waals surface area (Å²) in [7, 11) is 0. The fraction of sp³-hybridized carbons (Fsp3) is 0.840. The average molecular weight is 394 g/mol. The molecule has 0 aromatic rings. The van der Waals surface area contributed by atoms with Crippen LogP contribution in [0, 0.1) is 0 Å². The van der Waals surface area contributed by atoms with E-state index in [4.69, 9.17) is 0 Å². The minimum Gasteiger partial charge on any atom is -0.345 e. The normalized spacial score (nSPS) is 22.8. The van der Waals surface area contributed by atoms with Crippen LogP contribution in [-0.2, 0) is 0 Å². The maximum absolute atomic E-state index is 10.2. The number of hydrogen-bond acceptors (Lipinski definition) is 2. The molecule has 3 nitrogen and oxygen atoms in total. The van der Waals surface area contributed by atoms with Crippen LogP contribution in [0.3, 0.4) is 0 Å². The van der Waals surface area contributed by atoms with Gasteiger partial charge >= 0.3 is 0 Å². The molecule has 0 fully saturated rings. The van der Waals surface area contributed by atoms with E-state index < -0.39 is 0 Å². The smallest absolute Gasteiger partial charge is 0.193 e. The van der Waals surface area contributed by atoms with Crippen molar-refractivity contribution in [2.24, 2.45) is 0 Å². The fourth-order valence-corrected chi connectivity index (χ4v) is 4.42. The van der Waals surface area contributed by atoms with E-state index in [2.05, 4.69) is 37.5 Å². The van der Waals surface area contributed by atoms with E-state index in [0.29, 0.717) is 10.6 Å². The predicted octanol–water partition coefficient (Wildman–Crippen LogP) is 6.99. The molecule has 3 unspecified atom stereocenters. The van der Waals surface area contributed by atoms with Crippen molar-refractivity contribution >= 4 is 0 Å². The van der Waals surface area contributed by atoms with Gasteiger partial charge in [0.25, 0.3) is 0 Å². The summed E-state index contributed by atoms with van der Waals surface area (Å²) in [6, 6.07) is 0. The van der Waals surface area contributed by atoms with Crippen molar-refractivity contribution in [1.29, 1.82) is 0 Å². The van der Waals surface area contributed by atoms with E-state index in [9.17, 15) is 5.11 Å². The average Bonchev–Trinajstić information content (AvgIpc) is 3.12. The summed E-state index contributed by atoms with van der Waals surface area (Å²) >= 11 is 0. The Morgan fingerprint density at radius 3 is 1.93 bits per heavy atom. The Bertz CT molecular complexity index is 419. The molecule has 0 aliphatic carbocycles. The first-order valence-corrected chi connectivity index (χ1v) is 12.3. The number of aliphatic hydroxyl groups is 1. The zero-order chi connectivity index (χ0) is 20.5. The maximum atomic E-state index is 10.2. The molecule has 0 amide bonds. The minimum atomic E-state index is -0.342. The summed E-state index contributed by atoms with van der Waals surface area (Å²) in [6.07, 6.45) is 29.1. The van der Waals surface area contributed by atoms with E-state index in [0.717, 1.165) is 13.0 Å². The second-order valence-corrected chi connectivity index (χ2v) is 8.67. The molecule has 0 spiro atoms. The summed E-state index contributed by atoms with van der Waals surface area (Å²) in [4.78, 5) is 0. The van der Waals surface area contributed by atoms with Gasteiger partial charge in [-0.15, -0.1) is 0 Å². The number of nitrogens with zero attached hydrogens (tertiary/aromatic N) is 1. The largest absolute Gasteiger partial charge is 0.345 e. The molecule has 2 N–H and O–H groups in total. The Balaban J connectivity index is 1.92. The number of quaternary nitrogens is 1. The van der Waals surface area contributed by atoms with Gasteiger partial charge in [-0.3, -0.25) is 4.48 Å². The number of allylic oxidation sites excluding steroid dienone is 2. The Kier molecular flexibility index (Phi) is 14.5. The van der Waals surface area contributed by atoms with Gasteiger partial charge in [-0.2, -0.15) is 0 Å². The summed E-state index contributed by atoms with van der Waals surface area (Å²) in [5.41, 5.74) is 0. The molecule has 1 aliphatic heterocycles. The molecular formula is C25H49N2O+. The lowest BCUT2D eigenvalue weighted by atomic mass is 10.1. The van der Waals surface area contributed by atoms with Crippen molar-refractivity contribution in [2.45, 2.75) is 129 Å². The van der Waals surface area contributed by atoms with E-state index >= 15 is 0 Å². The molecule has 0 bridgehead atoms. The van der Waals surface area contributed by atoms with E-state index in [1.165, 1.54) is 89.9 Å². The number of hydrogen-bond donors (Lipinski definition) is 2. The lowest BCUT2D eigenvalue weighted by molar-refractivity contribution is -0.942. The molecule has 0 radical (unpaired) electrons. The first kappa shape index (κ1) is 25.2. The van der Waals surface area contributed by atoms with Gasteiger partial charge in [0.2, 0.25) is 0 Å². The van der Waals surface area contributed by atoms with Gasteiger partial charge in [0.1, 0.15) is 6.20 Å². The molecular weight excluding hydrogens is 344 g/mol. The van der Waals surface area contributed by atoms with Crippen molar-refractivity contribution < 1.29 is 9.59 Å². The molecule has 1 rings (SSSR count). The second kappa shape index (κ2) is 16.0. The molecule has 3 atom stereocenters. The Morgan fingerprint density at radius 1 is 0.857 bits per heavy atom. The first-order chi connectivity index (χ1) is 13.7. The highest BCUT2D eigenvalue weighted by atomic mass is 16.3. The van der Waals surface area contributed by atoms with E-state index in [-0.39, 0.29) is 6.23 Å². The molecule has 0 aromatic carbocycles. The van der Waals surface area contributed by atoms with Crippen LogP contribution in [0.4, 0.5) is 0 Å². The molecule has 164 valence electrons. The number of aliphatic hydroxyl groups excluding tert-OH is 1. The number of nitrogens with one attached hydrogen (secondary N) is 1. The van der Waals surface area contributed by atoms with Crippen LogP contribution in [-0.4, -0.2) is 28.5 Å². The third-order valence-electron chi connectivity index (χ3n) is 6.45. The lowest BCUT2D eigenvalue weighted by Gasteiger charge is -2.39. The van der Waals surface area contributed by atoms with Gasteiger partial charge in [0.15, 0.2) is 12.4 Å². The second-order valence-electron chi connectivity index (χ2n) is 8.67. The third-order valence-corrected chi connectivity index (χ3v) is 6.45. The van der Waals surface area contributed by atoms with Crippen molar-refractivity contribution in [3.63, 3.8) is 0 Å². The molecule has 28 heavy (non-hydrogen) atoms. The summed E-state index contributed by atoms with van der Waals surface area (Å²) < 4.78 is 0.665.